The second-order valence-electron chi connectivity index (χ2n) is 5.50. The standard InChI is InChI=1S/C16H23N3OS/c1-2-12-5-3-4-6-14(12)16(20)18-13-7-9-19(10-8-13)11-15(17)21/h3-6,13H,2,7-11H2,1H3,(H2,17,21)(H,18,20). The van der Waals surface area contributed by atoms with Crippen LogP contribution in [0.15, 0.2) is 24.3 Å². The number of likely N-dealkylation sites (tertiary alicyclic amines) is 1. The number of hydrogen-bond donors (Lipinski definition) is 2. The van der Waals surface area contributed by atoms with Crippen molar-refractivity contribution in [1.29, 1.82) is 0 Å². The molecule has 0 atom stereocenters. The van der Waals surface area contributed by atoms with Gasteiger partial charge in [0.1, 0.15) is 0 Å². The summed E-state index contributed by atoms with van der Waals surface area (Å²) < 4.78 is 0. The zero-order chi connectivity index (χ0) is 15.2. The molecule has 1 saturated heterocycles. The van der Waals surface area contributed by atoms with Crippen LogP contribution in [0.25, 0.3) is 0 Å². The number of thiocarbonyl (C=S) groups is 1. The van der Waals surface area contributed by atoms with Gasteiger partial charge >= 0.3 is 0 Å². The molecule has 0 aliphatic carbocycles. The monoisotopic (exact) mass is 305 g/mol. The first-order valence-electron chi connectivity index (χ1n) is 7.49. The molecule has 1 aromatic rings. The third-order valence-electron chi connectivity index (χ3n) is 3.95. The molecule has 1 heterocycles. The van der Waals surface area contributed by atoms with Crippen molar-refractivity contribution >= 4 is 23.1 Å². The smallest absolute Gasteiger partial charge is 0.251 e. The van der Waals surface area contributed by atoms with Crippen LogP contribution in [-0.2, 0) is 6.42 Å². The van der Waals surface area contributed by atoms with Gasteiger partial charge in [-0.2, -0.15) is 0 Å². The lowest BCUT2D eigenvalue weighted by Crippen LogP contribution is -2.46. The van der Waals surface area contributed by atoms with Crippen molar-refractivity contribution in [3.05, 3.63) is 35.4 Å². The van der Waals surface area contributed by atoms with E-state index in [0.717, 1.165) is 43.5 Å². The third kappa shape index (κ3) is 4.51. The molecule has 5 heteroatoms. The van der Waals surface area contributed by atoms with Gasteiger partial charge in [0.2, 0.25) is 0 Å². The lowest BCUT2D eigenvalue weighted by Gasteiger charge is -2.32. The summed E-state index contributed by atoms with van der Waals surface area (Å²) in [6, 6.07) is 8.04. The van der Waals surface area contributed by atoms with E-state index in [-0.39, 0.29) is 11.9 Å². The summed E-state index contributed by atoms with van der Waals surface area (Å²) in [6.07, 6.45) is 2.77. The Morgan fingerprint density at radius 1 is 1.38 bits per heavy atom. The first-order valence-corrected chi connectivity index (χ1v) is 7.90. The minimum absolute atomic E-state index is 0.0419. The molecule has 1 aliphatic rings. The number of amides is 1. The quantitative estimate of drug-likeness (QED) is 0.814. The average molecular weight is 305 g/mol. The van der Waals surface area contributed by atoms with Crippen LogP contribution in [0.1, 0.15) is 35.7 Å². The molecule has 0 aromatic heterocycles. The van der Waals surface area contributed by atoms with Crippen LogP contribution in [0.5, 0.6) is 0 Å². The maximum Gasteiger partial charge on any atom is 0.251 e. The van der Waals surface area contributed by atoms with Crippen molar-refractivity contribution < 1.29 is 4.79 Å². The SMILES string of the molecule is CCc1ccccc1C(=O)NC1CCN(CC(N)=S)CC1. The molecular weight excluding hydrogens is 282 g/mol. The van der Waals surface area contributed by atoms with Crippen molar-refractivity contribution in [1.82, 2.24) is 10.2 Å². The maximum absolute atomic E-state index is 12.4. The number of carbonyl (C=O) groups is 1. The third-order valence-corrected chi connectivity index (χ3v) is 4.07. The van der Waals surface area contributed by atoms with Crippen LogP contribution in [0.4, 0.5) is 0 Å². The topological polar surface area (TPSA) is 58.4 Å². The summed E-state index contributed by atoms with van der Waals surface area (Å²) in [4.78, 5) is 15.2. The highest BCUT2D eigenvalue weighted by Crippen LogP contribution is 2.13. The molecule has 1 aliphatic heterocycles. The van der Waals surface area contributed by atoms with Gasteiger partial charge < -0.3 is 11.1 Å². The van der Waals surface area contributed by atoms with E-state index in [1.165, 1.54) is 0 Å². The number of piperidine rings is 1. The van der Waals surface area contributed by atoms with E-state index in [0.29, 0.717) is 11.5 Å². The van der Waals surface area contributed by atoms with Crippen LogP contribution in [-0.4, -0.2) is 41.5 Å². The summed E-state index contributed by atoms with van der Waals surface area (Å²) in [5.74, 6) is 0.0419. The van der Waals surface area contributed by atoms with Crippen molar-refractivity contribution in [3.8, 4) is 0 Å². The lowest BCUT2D eigenvalue weighted by molar-refractivity contribution is 0.0914. The summed E-state index contributed by atoms with van der Waals surface area (Å²) in [5, 5.41) is 3.15. The summed E-state index contributed by atoms with van der Waals surface area (Å²) in [7, 11) is 0. The van der Waals surface area contributed by atoms with Gasteiger partial charge in [0.05, 0.1) is 4.99 Å². The number of benzene rings is 1. The number of carbonyl (C=O) groups excluding carboxylic acids is 1. The van der Waals surface area contributed by atoms with Gasteiger partial charge in [-0.3, -0.25) is 9.69 Å². The number of hydrogen-bond acceptors (Lipinski definition) is 3. The number of aryl methyl sites for hydroxylation is 1. The van der Waals surface area contributed by atoms with E-state index in [9.17, 15) is 4.79 Å². The average Bonchev–Trinajstić information content (AvgIpc) is 2.48. The number of nitrogens with zero attached hydrogens (tertiary/aromatic N) is 1. The Bertz CT molecular complexity index is 510. The highest BCUT2D eigenvalue weighted by molar-refractivity contribution is 7.80. The van der Waals surface area contributed by atoms with Crippen molar-refractivity contribution in [2.45, 2.75) is 32.2 Å². The van der Waals surface area contributed by atoms with Crippen LogP contribution >= 0.6 is 12.2 Å². The molecule has 0 saturated carbocycles. The Kier molecular flexibility index (Phi) is 5.70. The van der Waals surface area contributed by atoms with E-state index >= 15 is 0 Å². The highest BCUT2D eigenvalue weighted by atomic mass is 32.1. The van der Waals surface area contributed by atoms with Gasteiger partial charge in [0.25, 0.3) is 5.91 Å². The van der Waals surface area contributed by atoms with Crippen molar-refractivity contribution in [2.75, 3.05) is 19.6 Å². The molecule has 4 nitrogen and oxygen atoms in total. The predicted molar refractivity (Wildman–Crippen MR) is 89.5 cm³/mol. The number of nitrogens with two attached hydrogens (primary N) is 1. The molecule has 0 radical (unpaired) electrons. The summed E-state index contributed by atoms with van der Waals surface area (Å²) in [6.45, 7) is 4.60. The van der Waals surface area contributed by atoms with E-state index in [1.54, 1.807) is 0 Å². The van der Waals surface area contributed by atoms with Gasteiger partial charge in [-0.1, -0.05) is 37.3 Å². The van der Waals surface area contributed by atoms with E-state index in [1.807, 2.05) is 24.3 Å². The fourth-order valence-corrected chi connectivity index (χ4v) is 2.95. The van der Waals surface area contributed by atoms with Gasteiger partial charge in [0, 0.05) is 31.2 Å². The van der Waals surface area contributed by atoms with Crippen LogP contribution in [0, 0.1) is 0 Å². The Morgan fingerprint density at radius 2 is 2.05 bits per heavy atom. The minimum Gasteiger partial charge on any atom is -0.392 e. The van der Waals surface area contributed by atoms with E-state index in [2.05, 4.69) is 17.1 Å². The fourth-order valence-electron chi connectivity index (χ4n) is 2.77. The Labute approximate surface area is 131 Å². The molecule has 1 fully saturated rings. The second kappa shape index (κ2) is 7.52. The van der Waals surface area contributed by atoms with Gasteiger partial charge in [-0.25, -0.2) is 0 Å². The molecule has 0 spiro atoms. The molecule has 2 rings (SSSR count). The molecule has 3 N–H and O–H groups in total. The zero-order valence-corrected chi connectivity index (χ0v) is 13.3. The molecule has 21 heavy (non-hydrogen) atoms. The van der Waals surface area contributed by atoms with E-state index < -0.39 is 0 Å². The predicted octanol–water partition coefficient (Wildman–Crippen LogP) is 1.73. The van der Waals surface area contributed by atoms with Gasteiger partial charge in [0.15, 0.2) is 0 Å². The van der Waals surface area contributed by atoms with E-state index in [4.69, 9.17) is 18.0 Å². The van der Waals surface area contributed by atoms with Gasteiger partial charge in [-0.15, -0.1) is 0 Å². The maximum atomic E-state index is 12.4. The van der Waals surface area contributed by atoms with Crippen LogP contribution in [0.3, 0.4) is 0 Å². The van der Waals surface area contributed by atoms with Crippen molar-refractivity contribution in [3.63, 3.8) is 0 Å². The normalized spacial score (nSPS) is 16.6. The van der Waals surface area contributed by atoms with Crippen LogP contribution in [0.2, 0.25) is 0 Å². The largest absolute Gasteiger partial charge is 0.392 e. The summed E-state index contributed by atoms with van der Waals surface area (Å²) >= 11 is 4.93. The number of rotatable bonds is 5. The minimum atomic E-state index is 0.0419. The molecule has 114 valence electrons. The Balaban J connectivity index is 1.88. The summed E-state index contributed by atoms with van der Waals surface area (Å²) in [5.41, 5.74) is 7.46. The first kappa shape index (κ1) is 15.9. The molecule has 0 unspecified atom stereocenters. The molecule has 0 bridgehead atoms. The van der Waals surface area contributed by atoms with Crippen molar-refractivity contribution in [2.24, 2.45) is 5.73 Å². The molecular formula is C16H23N3OS. The highest BCUT2D eigenvalue weighted by Gasteiger charge is 2.21. The first-order chi connectivity index (χ1) is 10.1. The Hall–Kier alpha value is -1.46. The lowest BCUT2D eigenvalue weighted by atomic mass is 10.0. The van der Waals surface area contributed by atoms with Crippen LogP contribution < -0.4 is 11.1 Å². The fraction of sp³-hybridized carbons (Fsp3) is 0.500. The molecule has 1 amide bonds. The zero-order valence-electron chi connectivity index (χ0n) is 12.5. The Morgan fingerprint density at radius 3 is 2.67 bits per heavy atom. The number of nitrogens with one attached hydrogen (secondary N) is 1. The second-order valence-corrected chi connectivity index (χ2v) is 6.03. The van der Waals surface area contributed by atoms with Gasteiger partial charge in [-0.05, 0) is 30.9 Å². The molecule has 1 aromatic carbocycles.